The minimum Gasteiger partial charge on any atom is -0.324 e. The molecule has 12 heavy (non-hydrogen) atoms. The van der Waals surface area contributed by atoms with Gasteiger partial charge in [-0.15, -0.1) is 6.42 Å². The predicted molar refractivity (Wildman–Crippen MR) is 51.7 cm³/mol. The molecule has 0 radical (unpaired) electrons. The highest BCUT2D eigenvalue weighted by Crippen LogP contribution is 2.32. The van der Waals surface area contributed by atoms with E-state index in [1.807, 2.05) is 0 Å². The van der Waals surface area contributed by atoms with E-state index in [4.69, 9.17) is 12.2 Å². The second-order valence-electron chi connectivity index (χ2n) is 3.78. The Hall–Kier alpha value is -0.520. The number of hydrogen-bond acceptors (Lipinski definition) is 2. The lowest BCUT2D eigenvalue weighted by atomic mass is 10.2. The normalized spacial score (nSPS) is 19.2. The first-order valence-corrected chi connectivity index (χ1v) is 4.65. The van der Waals surface area contributed by atoms with Crippen molar-refractivity contribution in [3.05, 3.63) is 0 Å². The Morgan fingerprint density at radius 2 is 2.25 bits per heavy atom. The van der Waals surface area contributed by atoms with Gasteiger partial charge in [0.15, 0.2) is 0 Å². The second kappa shape index (κ2) is 3.93. The van der Waals surface area contributed by atoms with Crippen LogP contribution in [0.15, 0.2) is 0 Å². The molecule has 0 aliphatic heterocycles. The first-order chi connectivity index (χ1) is 5.70. The van der Waals surface area contributed by atoms with E-state index in [2.05, 4.69) is 17.7 Å². The fourth-order valence-electron chi connectivity index (χ4n) is 1.42. The van der Waals surface area contributed by atoms with E-state index in [0.29, 0.717) is 0 Å². The van der Waals surface area contributed by atoms with Gasteiger partial charge in [-0.3, -0.25) is 4.90 Å². The van der Waals surface area contributed by atoms with Gasteiger partial charge in [0.2, 0.25) is 0 Å². The van der Waals surface area contributed by atoms with Crippen LogP contribution in [0.3, 0.4) is 0 Å². The van der Waals surface area contributed by atoms with E-state index < -0.39 is 0 Å². The van der Waals surface area contributed by atoms with Crippen molar-refractivity contribution in [3.63, 3.8) is 0 Å². The minimum atomic E-state index is 0.103. The van der Waals surface area contributed by atoms with Crippen molar-refractivity contribution in [1.29, 1.82) is 0 Å². The van der Waals surface area contributed by atoms with Crippen LogP contribution >= 0.6 is 0 Å². The first-order valence-electron chi connectivity index (χ1n) is 4.65. The summed E-state index contributed by atoms with van der Waals surface area (Å²) in [6.45, 7) is 4.96. The Labute approximate surface area is 75.1 Å². The average Bonchev–Trinajstić information content (AvgIpc) is 2.69. The number of rotatable bonds is 5. The van der Waals surface area contributed by atoms with Gasteiger partial charge >= 0.3 is 0 Å². The molecule has 0 bridgehead atoms. The van der Waals surface area contributed by atoms with Crippen molar-refractivity contribution in [2.75, 3.05) is 19.6 Å². The van der Waals surface area contributed by atoms with Crippen molar-refractivity contribution < 1.29 is 0 Å². The highest BCUT2D eigenvalue weighted by atomic mass is 15.1. The molecule has 1 saturated carbocycles. The molecule has 1 aliphatic carbocycles. The van der Waals surface area contributed by atoms with Crippen LogP contribution in [-0.4, -0.2) is 30.1 Å². The van der Waals surface area contributed by atoms with Gasteiger partial charge in [-0.1, -0.05) is 12.8 Å². The minimum absolute atomic E-state index is 0.103. The Bertz CT molecular complexity index is 177. The van der Waals surface area contributed by atoms with Gasteiger partial charge in [-0.05, 0) is 25.8 Å². The predicted octanol–water partition coefficient (Wildman–Crippen LogP) is 0.823. The van der Waals surface area contributed by atoms with Gasteiger partial charge in [0, 0.05) is 12.1 Å². The van der Waals surface area contributed by atoms with Gasteiger partial charge in [0.25, 0.3) is 0 Å². The average molecular weight is 166 g/mol. The van der Waals surface area contributed by atoms with E-state index in [0.717, 1.165) is 38.9 Å². The molecule has 1 rings (SSSR count). The van der Waals surface area contributed by atoms with E-state index in [1.54, 1.807) is 0 Å². The fraction of sp³-hybridized carbons (Fsp3) is 0.800. The third-order valence-electron chi connectivity index (χ3n) is 2.29. The molecule has 0 unspecified atom stereocenters. The van der Waals surface area contributed by atoms with Crippen molar-refractivity contribution in [3.8, 4) is 12.3 Å². The lowest BCUT2D eigenvalue weighted by Gasteiger charge is -2.22. The standard InChI is InChI=1S/C10H18N2/c1-3-7-12(8-4-2)9-10(11)5-6-10/h1H,4-9,11H2,2H3. The van der Waals surface area contributed by atoms with E-state index >= 15 is 0 Å². The Balaban J connectivity index is 2.28. The van der Waals surface area contributed by atoms with Crippen LogP contribution < -0.4 is 5.73 Å². The fourth-order valence-corrected chi connectivity index (χ4v) is 1.42. The number of nitrogens with two attached hydrogens (primary N) is 1. The van der Waals surface area contributed by atoms with Gasteiger partial charge in [0.05, 0.1) is 6.54 Å². The lowest BCUT2D eigenvalue weighted by molar-refractivity contribution is 0.279. The van der Waals surface area contributed by atoms with Crippen LogP contribution in [0.5, 0.6) is 0 Å². The van der Waals surface area contributed by atoms with Crippen LogP contribution in [0.4, 0.5) is 0 Å². The maximum absolute atomic E-state index is 6.00. The maximum Gasteiger partial charge on any atom is 0.0599 e. The quantitative estimate of drug-likeness (QED) is 0.613. The molecule has 0 atom stereocenters. The third kappa shape index (κ3) is 2.84. The molecule has 1 aliphatic rings. The van der Waals surface area contributed by atoms with E-state index in [9.17, 15) is 0 Å². The zero-order chi connectivity index (χ0) is 9.03. The molecular formula is C10H18N2. The molecule has 68 valence electrons. The molecule has 0 saturated heterocycles. The van der Waals surface area contributed by atoms with Gasteiger partial charge in [-0.2, -0.15) is 0 Å². The van der Waals surface area contributed by atoms with E-state index in [1.165, 1.54) is 0 Å². The summed E-state index contributed by atoms with van der Waals surface area (Å²) in [6.07, 6.45) is 8.75. The van der Waals surface area contributed by atoms with Crippen molar-refractivity contribution in [2.45, 2.75) is 31.7 Å². The molecule has 0 aromatic rings. The Morgan fingerprint density at radius 3 is 2.67 bits per heavy atom. The summed E-state index contributed by atoms with van der Waals surface area (Å²) in [5.41, 5.74) is 6.10. The summed E-state index contributed by atoms with van der Waals surface area (Å²) in [7, 11) is 0. The molecule has 1 fully saturated rings. The topological polar surface area (TPSA) is 29.3 Å². The Kier molecular flexibility index (Phi) is 3.13. The molecule has 0 aromatic heterocycles. The zero-order valence-electron chi connectivity index (χ0n) is 7.84. The van der Waals surface area contributed by atoms with Gasteiger partial charge in [0.1, 0.15) is 0 Å². The molecule has 2 nitrogen and oxygen atoms in total. The molecule has 0 spiro atoms. The summed E-state index contributed by atoms with van der Waals surface area (Å²) in [4.78, 5) is 2.27. The van der Waals surface area contributed by atoms with Gasteiger partial charge in [-0.25, -0.2) is 0 Å². The van der Waals surface area contributed by atoms with Crippen molar-refractivity contribution in [2.24, 2.45) is 5.73 Å². The second-order valence-corrected chi connectivity index (χ2v) is 3.78. The molecule has 0 heterocycles. The highest BCUT2D eigenvalue weighted by Gasteiger charge is 2.39. The molecule has 2 N–H and O–H groups in total. The summed E-state index contributed by atoms with van der Waals surface area (Å²) >= 11 is 0. The monoisotopic (exact) mass is 166 g/mol. The van der Waals surface area contributed by atoms with Gasteiger partial charge < -0.3 is 5.73 Å². The van der Waals surface area contributed by atoms with Crippen LogP contribution in [-0.2, 0) is 0 Å². The Morgan fingerprint density at radius 1 is 1.58 bits per heavy atom. The third-order valence-corrected chi connectivity index (χ3v) is 2.29. The van der Waals surface area contributed by atoms with E-state index in [-0.39, 0.29) is 5.54 Å². The molecule has 0 amide bonds. The van der Waals surface area contributed by atoms with Crippen molar-refractivity contribution in [1.82, 2.24) is 4.90 Å². The van der Waals surface area contributed by atoms with Crippen LogP contribution in [0.1, 0.15) is 26.2 Å². The molecule has 2 heteroatoms. The number of nitrogens with zero attached hydrogens (tertiary/aromatic N) is 1. The van der Waals surface area contributed by atoms with Crippen LogP contribution in [0.25, 0.3) is 0 Å². The largest absolute Gasteiger partial charge is 0.324 e. The summed E-state index contributed by atoms with van der Waals surface area (Å²) < 4.78 is 0. The smallest absolute Gasteiger partial charge is 0.0599 e. The summed E-state index contributed by atoms with van der Waals surface area (Å²) in [6, 6.07) is 0. The number of hydrogen-bond donors (Lipinski definition) is 1. The highest BCUT2D eigenvalue weighted by molar-refractivity contribution is 5.02. The first kappa shape index (κ1) is 9.57. The molecule has 0 aromatic carbocycles. The lowest BCUT2D eigenvalue weighted by Crippen LogP contribution is -2.39. The number of terminal acetylenes is 1. The molecular weight excluding hydrogens is 148 g/mol. The van der Waals surface area contributed by atoms with Crippen LogP contribution in [0, 0.1) is 12.3 Å². The SMILES string of the molecule is C#CCN(CCC)CC1(N)CC1. The maximum atomic E-state index is 6.00. The summed E-state index contributed by atoms with van der Waals surface area (Å²) in [5, 5.41) is 0. The van der Waals surface area contributed by atoms with Crippen molar-refractivity contribution >= 4 is 0 Å². The summed E-state index contributed by atoms with van der Waals surface area (Å²) in [5.74, 6) is 2.67. The van der Waals surface area contributed by atoms with Crippen LogP contribution in [0.2, 0.25) is 0 Å². The zero-order valence-corrected chi connectivity index (χ0v) is 7.84.